The summed E-state index contributed by atoms with van der Waals surface area (Å²) in [5.41, 5.74) is 0.685. The fourth-order valence-corrected chi connectivity index (χ4v) is 2.94. The summed E-state index contributed by atoms with van der Waals surface area (Å²) in [5.74, 6) is -0.355. The van der Waals surface area contributed by atoms with Crippen LogP contribution in [0.15, 0.2) is 42.7 Å². The maximum atomic E-state index is 12.6. The van der Waals surface area contributed by atoms with Gasteiger partial charge < -0.3 is 10.2 Å². The van der Waals surface area contributed by atoms with Gasteiger partial charge in [-0.05, 0) is 31.0 Å². The van der Waals surface area contributed by atoms with Crippen LogP contribution in [0.3, 0.4) is 0 Å². The Balaban J connectivity index is 1.68. The number of piperidine rings is 1. The molecule has 1 fully saturated rings. The number of aromatic nitrogens is 2. The highest BCUT2D eigenvalue weighted by molar-refractivity contribution is 6.33. The average molecular weight is 333 g/mol. The Morgan fingerprint density at radius 3 is 2.91 bits per heavy atom. The molecule has 2 amide bonds. The van der Waals surface area contributed by atoms with Crippen molar-refractivity contribution in [2.75, 3.05) is 11.4 Å². The van der Waals surface area contributed by atoms with Gasteiger partial charge in [0.25, 0.3) is 0 Å². The van der Waals surface area contributed by atoms with E-state index in [0.717, 1.165) is 6.42 Å². The van der Waals surface area contributed by atoms with Crippen LogP contribution in [0.1, 0.15) is 12.8 Å². The lowest BCUT2D eigenvalue weighted by Crippen LogP contribution is -2.53. The van der Waals surface area contributed by atoms with Crippen molar-refractivity contribution in [2.24, 2.45) is 0 Å². The van der Waals surface area contributed by atoms with E-state index in [1.165, 1.54) is 4.68 Å². The number of nitrogens with one attached hydrogen (secondary N) is 1. The Bertz CT molecular complexity index is 702. The Morgan fingerprint density at radius 1 is 1.35 bits per heavy atom. The summed E-state index contributed by atoms with van der Waals surface area (Å²) in [4.78, 5) is 26.4. The summed E-state index contributed by atoms with van der Waals surface area (Å²) in [6, 6.07) is 8.46. The lowest BCUT2D eigenvalue weighted by Gasteiger charge is -2.33. The van der Waals surface area contributed by atoms with Crippen molar-refractivity contribution in [1.82, 2.24) is 15.1 Å². The van der Waals surface area contributed by atoms with E-state index in [1.54, 1.807) is 29.4 Å². The Kier molecular flexibility index (Phi) is 4.62. The summed E-state index contributed by atoms with van der Waals surface area (Å²) in [6.07, 6.45) is 4.75. The molecule has 0 saturated carbocycles. The number of carbonyl (C=O) groups is 2. The number of amides is 2. The number of carbonyl (C=O) groups excluding carboxylic acids is 2. The van der Waals surface area contributed by atoms with Gasteiger partial charge in [-0.25, -0.2) is 0 Å². The zero-order chi connectivity index (χ0) is 16.2. The van der Waals surface area contributed by atoms with Gasteiger partial charge in [0.05, 0.1) is 10.7 Å². The predicted octanol–water partition coefficient (Wildman–Crippen LogP) is 1.85. The first-order chi connectivity index (χ1) is 11.1. The molecule has 0 aliphatic carbocycles. The Labute approximate surface area is 139 Å². The van der Waals surface area contributed by atoms with Gasteiger partial charge in [0.2, 0.25) is 11.8 Å². The molecule has 1 aromatic carbocycles. The van der Waals surface area contributed by atoms with Gasteiger partial charge in [-0.3, -0.25) is 14.3 Å². The van der Waals surface area contributed by atoms with Gasteiger partial charge in [-0.2, -0.15) is 5.10 Å². The monoisotopic (exact) mass is 332 g/mol. The Hall–Kier alpha value is -2.34. The number of rotatable bonds is 4. The fraction of sp³-hybridized carbons (Fsp3) is 0.312. The molecule has 2 heterocycles. The molecule has 1 N–H and O–H groups in total. The first-order valence-electron chi connectivity index (χ1n) is 7.48. The lowest BCUT2D eigenvalue weighted by molar-refractivity contribution is -0.128. The zero-order valence-electron chi connectivity index (χ0n) is 12.5. The predicted molar refractivity (Wildman–Crippen MR) is 87.2 cm³/mol. The van der Waals surface area contributed by atoms with Gasteiger partial charge in [0.15, 0.2) is 0 Å². The van der Waals surface area contributed by atoms with Gasteiger partial charge in [-0.15, -0.1) is 0 Å². The van der Waals surface area contributed by atoms with Crippen LogP contribution in [-0.2, 0) is 16.1 Å². The third-order valence-corrected chi connectivity index (χ3v) is 4.10. The first kappa shape index (κ1) is 15.6. The van der Waals surface area contributed by atoms with E-state index in [9.17, 15) is 9.59 Å². The van der Waals surface area contributed by atoms with Crippen molar-refractivity contribution in [3.05, 3.63) is 47.7 Å². The average Bonchev–Trinajstić information content (AvgIpc) is 3.03. The van der Waals surface area contributed by atoms with Crippen molar-refractivity contribution in [1.29, 1.82) is 0 Å². The van der Waals surface area contributed by atoms with Crippen molar-refractivity contribution >= 4 is 29.1 Å². The van der Waals surface area contributed by atoms with E-state index < -0.39 is 6.04 Å². The van der Waals surface area contributed by atoms with Crippen molar-refractivity contribution in [3.8, 4) is 0 Å². The number of hydrogen-bond donors (Lipinski definition) is 1. The standard InChI is InChI=1S/C16H17ClN4O2/c17-12-5-1-2-7-14(12)21-10-3-6-13(16(21)23)19-15(22)11-20-9-4-8-18-20/h1-2,4-5,7-9,13H,3,6,10-11H2,(H,19,22). The van der Waals surface area contributed by atoms with E-state index in [0.29, 0.717) is 23.7 Å². The number of anilines is 1. The van der Waals surface area contributed by atoms with Crippen molar-refractivity contribution < 1.29 is 9.59 Å². The van der Waals surface area contributed by atoms with Crippen LogP contribution in [0.25, 0.3) is 0 Å². The molecule has 1 aliphatic rings. The zero-order valence-corrected chi connectivity index (χ0v) is 13.2. The molecule has 1 unspecified atom stereocenters. The number of nitrogens with zero attached hydrogens (tertiary/aromatic N) is 3. The summed E-state index contributed by atoms with van der Waals surface area (Å²) >= 11 is 6.18. The molecule has 1 aromatic heterocycles. The van der Waals surface area contributed by atoms with E-state index >= 15 is 0 Å². The van der Waals surface area contributed by atoms with Crippen molar-refractivity contribution in [2.45, 2.75) is 25.4 Å². The molecule has 23 heavy (non-hydrogen) atoms. The molecule has 7 heteroatoms. The molecule has 3 rings (SSSR count). The summed E-state index contributed by atoms with van der Waals surface area (Å²) in [5, 5.41) is 7.31. The van der Waals surface area contributed by atoms with E-state index in [-0.39, 0.29) is 18.4 Å². The van der Waals surface area contributed by atoms with Gasteiger partial charge in [0, 0.05) is 18.9 Å². The topological polar surface area (TPSA) is 67.2 Å². The van der Waals surface area contributed by atoms with Crippen LogP contribution in [0.2, 0.25) is 5.02 Å². The normalized spacial score (nSPS) is 18.0. The number of benzene rings is 1. The number of hydrogen-bond acceptors (Lipinski definition) is 3. The molecule has 1 atom stereocenters. The molecule has 1 aliphatic heterocycles. The van der Waals surface area contributed by atoms with Crippen LogP contribution >= 0.6 is 11.6 Å². The summed E-state index contributed by atoms with van der Waals surface area (Å²) < 4.78 is 1.52. The second-order valence-corrected chi connectivity index (χ2v) is 5.81. The first-order valence-corrected chi connectivity index (χ1v) is 7.85. The second kappa shape index (κ2) is 6.83. The van der Waals surface area contributed by atoms with Gasteiger partial charge in [-0.1, -0.05) is 23.7 Å². The third kappa shape index (κ3) is 3.53. The summed E-state index contributed by atoms with van der Waals surface area (Å²) in [6.45, 7) is 0.705. The highest BCUT2D eigenvalue weighted by Gasteiger charge is 2.31. The number of para-hydroxylation sites is 1. The maximum absolute atomic E-state index is 12.6. The molecule has 0 spiro atoms. The molecule has 120 valence electrons. The molecule has 0 radical (unpaired) electrons. The number of halogens is 1. The van der Waals surface area contributed by atoms with E-state index in [1.807, 2.05) is 18.2 Å². The van der Waals surface area contributed by atoms with Crippen LogP contribution in [-0.4, -0.2) is 34.2 Å². The minimum absolute atomic E-state index is 0.100. The fourth-order valence-electron chi connectivity index (χ4n) is 2.70. The molecular formula is C16H17ClN4O2. The molecular weight excluding hydrogens is 316 g/mol. The smallest absolute Gasteiger partial charge is 0.249 e. The summed E-state index contributed by atoms with van der Waals surface area (Å²) in [7, 11) is 0. The Morgan fingerprint density at radius 2 is 2.17 bits per heavy atom. The van der Waals surface area contributed by atoms with Gasteiger partial charge >= 0.3 is 0 Å². The van der Waals surface area contributed by atoms with E-state index in [2.05, 4.69) is 10.4 Å². The van der Waals surface area contributed by atoms with Crippen LogP contribution in [0, 0.1) is 0 Å². The van der Waals surface area contributed by atoms with E-state index in [4.69, 9.17) is 11.6 Å². The lowest BCUT2D eigenvalue weighted by atomic mass is 10.0. The maximum Gasteiger partial charge on any atom is 0.249 e. The minimum atomic E-state index is -0.525. The quantitative estimate of drug-likeness (QED) is 0.929. The molecule has 0 bridgehead atoms. The van der Waals surface area contributed by atoms with Gasteiger partial charge in [0.1, 0.15) is 12.6 Å². The van der Waals surface area contributed by atoms with Crippen LogP contribution in [0.4, 0.5) is 5.69 Å². The van der Waals surface area contributed by atoms with Crippen LogP contribution < -0.4 is 10.2 Å². The highest BCUT2D eigenvalue weighted by Crippen LogP contribution is 2.28. The minimum Gasteiger partial charge on any atom is -0.343 e. The largest absolute Gasteiger partial charge is 0.343 e. The molecule has 6 nitrogen and oxygen atoms in total. The van der Waals surface area contributed by atoms with Crippen molar-refractivity contribution in [3.63, 3.8) is 0 Å². The molecule has 1 saturated heterocycles. The SMILES string of the molecule is O=C(Cn1cccn1)NC1CCCN(c2ccccc2Cl)C1=O. The molecule has 2 aromatic rings. The highest BCUT2D eigenvalue weighted by atomic mass is 35.5. The third-order valence-electron chi connectivity index (χ3n) is 3.78. The van der Waals surface area contributed by atoms with Crippen LogP contribution in [0.5, 0.6) is 0 Å². The second-order valence-electron chi connectivity index (χ2n) is 5.41.